The minimum atomic E-state index is -0.489. The van der Waals surface area contributed by atoms with E-state index in [0.29, 0.717) is 11.1 Å². The molecule has 0 amide bonds. The van der Waals surface area contributed by atoms with Gasteiger partial charge >= 0.3 is 11.9 Å². The van der Waals surface area contributed by atoms with Gasteiger partial charge in [-0.3, -0.25) is 0 Å². The average Bonchev–Trinajstić information content (AvgIpc) is 2.52. The number of esters is 2. The van der Waals surface area contributed by atoms with Gasteiger partial charge < -0.3 is 9.47 Å². The number of pyridine rings is 1. The van der Waals surface area contributed by atoms with Gasteiger partial charge in [-0.2, -0.15) is 0 Å². The highest BCUT2D eigenvalue weighted by atomic mass is 35.5. The SMILES string of the molecule is COC(=O)c1ccc(COC(=O)c2ccnc(Cl)c2)cc1. The third-order valence-corrected chi connectivity index (χ3v) is 2.91. The highest BCUT2D eigenvalue weighted by Gasteiger charge is 2.09. The molecular formula is C15H12ClNO4. The molecule has 5 nitrogen and oxygen atoms in total. The van der Waals surface area contributed by atoms with Crippen molar-refractivity contribution in [3.8, 4) is 0 Å². The maximum atomic E-state index is 11.8. The Hall–Kier alpha value is -2.40. The van der Waals surface area contributed by atoms with Gasteiger partial charge in [-0.1, -0.05) is 23.7 Å². The predicted molar refractivity (Wildman–Crippen MR) is 76.1 cm³/mol. The lowest BCUT2D eigenvalue weighted by atomic mass is 10.1. The number of hydrogen-bond acceptors (Lipinski definition) is 5. The summed E-state index contributed by atoms with van der Waals surface area (Å²) in [6.45, 7) is 0.0974. The van der Waals surface area contributed by atoms with Gasteiger partial charge in [0.25, 0.3) is 0 Å². The predicted octanol–water partition coefficient (Wildman–Crippen LogP) is 2.88. The molecular weight excluding hydrogens is 294 g/mol. The van der Waals surface area contributed by atoms with Crippen molar-refractivity contribution in [3.05, 3.63) is 64.4 Å². The smallest absolute Gasteiger partial charge is 0.338 e. The first-order chi connectivity index (χ1) is 10.1. The number of nitrogens with zero attached hydrogens (tertiary/aromatic N) is 1. The Balaban J connectivity index is 1.97. The van der Waals surface area contributed by atoms with Gasteiger partial charge in [0, 0.05) is 6.20 Å². The highest BCUT2D eigenvalue weighted by molar-refractivity contribution is 6.29. The van der Waals surface area contributed by atoms with Crippen molar-refractivity contribution in [1.29, 1.82) is 0 Å². The molecule has 1 heterocycles. The molecule has 0 radical (unpaired) electrons. The highest BCUT2D eigenvalue weighted by Crippen LogP contribution is 2.11. The van der Waals surface area contributed by atoms with Crippen molar-refractivity contribution in [2.24, 2.45) is 0 Å². The normalized spacial score (nSPS) is 10.0. The Morgan fingerprint density at radius 3 is 2.43 bits per heavy atom. The quantitative estimate of drug-likeness (QED) is 0.642. The Morgan fingerprint density at radius 1 is 1.10 bits per heavy atom. The molecule has 1 aromatic heterocycles. The van der Waals surface area contributed by atoms with Gasteiger partial charge in [0.1, 0.15) is 11.8 Å². The molecule has 0 spiro atoms. The van der Waals surface area contributed by atoms with Crippen molar-refractivity contribution in [2.45, 2.75) is 6.61 Å². The largest absolute Gasteiger partial charge is 0.465 e. The van der Waals surface area contributed by atoms with Crippen LogP contribution < -0.4 is 0 Å². The van der Waals surface area contributed by atoms with Gasteiger partial charge in [0.05, 0.1) is 18.2 Å². The molecule has 0 fully saturated rings. The fraction of sp³-hybridized carbons (Fsp3) is 0.133. The van der Waals surface area contributed by atoms with Crippen LogP contribution in [0.2, 0.25) is 5.15 Å². The molecule has 2 aromatic rings. The lowest BCUT2D eigenvalue weighted by Gasteiger charge is -2.06. The van der Waals surface area contributed by atoms with Crippen LogP contribution in [0, 0.1) is 0 Å². The first-order valence-corrected chi connectivity index (χ1v) is 6.44. The zero-order valence-corrected chi connectivity index (χ0v) is 12.0. The third kappa shape index (κ3) is 4.03. The van der Waals surface area contributed by atoms with E-state index in [2.05, 4.69) is 9.72 Å². The van der Waals surface area contributed by atoms with Gasteiger partial charge in [-0.15, -0.1) is 0 Å². The van der Waals surface area contributed by atoms with Crippen LogP contribution in [0.25, 0.3) is 0 Å². The van der Waals surface area contributed by atoms with E-state index in [1.54, 1.807) is 24.3 Å². The van der Waals surface area contributed by atoms with E-state index in [1.807, 2.05) is 0 Å². The maximum absolute atomic E-state index is 11.8. The van der Waals surface area contributed by atoms with Crippen LogP contribution in [-0.4, -0.2) is 24.0 Å². The maximum Gasteiger partial charge on any atom is 0.338 e. The van der Waals surface area contributed by atoms with Crippen LogP contribution >= 0.6 is 11.6 Å². The summed E-state index contributed by atoms with van der Waals surface area (Å²) in [5.74, 6) is -0.902. The lowest BCUT2D eigenvalue weighted by molar-refractivity contribution is 0.0471. The number of aromatic nitrogens is 1. The second-order valence-corrected chi connectivity index (χ2v) is 4.52. The van der Waals surface area contributed by atoms with Crippen LogP contribution in [0.4, 0.5) is 0 Å². The van der Waals surface area contributed by atoms with Crippen molar-refractivity contribution in [3.63, 3.8) is 0 Å². The fourth-order valence-electron chi connectivity index (χ4n) is 1.62. The van der Waals surface area contributed by atoms with E-state index in [0.717, 1.165) is 5.56 Å². The van der Waals surface area contributed by atoms with Crippen LogP contribution in [-0.2, 0) is 16.1 Å². The second kappa shape index (κ2) is 6.85. The summed E-state index contributed by atoms with van der Waals surface area (Å²) in [5.41, 5.74) is 1.53. The Bertz CT molecular complexity index is 655. The van der Waals surface area contributed by atoms with E-state index in [4.69, 9.17) is 16.3 Å². The number of benzene rings is 1. The molecule has 108 valence electrons. The topological polar surface area (TPSA) is 65.5 Å². The Morgan fingerprint density at radius 2 is 1.81 bits per heavy atom. The van der Waals surface area contributed by atoms with Crippen molar-refractivity contribution < 1.29 is 19.1 Å². The minimum absolute atomic E-state index is 0.0974. The third-order valence-electron chi connectivity index (χ3n) is 2.71. The van der Waals surface area contributed by atoms with Crippen LogP contribution in [0.15, 0.2) is 42.6 Å². The van der Waals surface area contributed by atoms with Crippen molar-refractivity contribution in [1.82, 2.24) is 4.98 Å². The number of ether oxygens (including phenoxy) is 2. The molecule has 0 unspecified atom stereocenters. The van der Waals surface area contributed by atoms with Gasteiger partial charge in [-0.25, -0.2) is 14.6 Å². The number of halogens is 1. The minimum Gasteiger partial charge on any atom is -0.465 e. The van der Waals surface area contributed by atoms with E-state index >= 15 is 0 Å². The summed E-state index contributed by atoms with van der Waals surface area (Å²) >= 11 is 5.70. The van der Waals surface area contributed by atoms with Crippen LogP contribution in [0.5, 0.6) is 0 Å². The van der Waals surface area contributed by atoms with Crippen molar-refractivity contribution >= 4 is 23.5 Å². The lowest BCUT2D eigenvalue weighted by Crippen LogP contribution is -2.06. The summed E-state index contributed by atoms with van der Waals surface area (Å²) in [6.07, 6.45) is 1.43. The fourth-order valence-corrected chi connectivity index (χ4v) is 1.79. The van der Waals surface area contributed by atoms with Gasteiger partial charge in [0.2, 0.25) is 0 Å². The van der Waals surface area contributed by atoms with Crippen LogP contribution in [0.3, 0.4) is 0 Å². The number of hydrogen-bond donors (Lipinski definition) is 0. The molecule has 21 heavy (non-hydrogen) atoms. The summed E-state index contributed by atoms with van der Waals surface area (Å²) in [4.78, 5) is 26.9. The summed E-state index contributed by atoms with van der Waals surface area (Å²) < 4.78 is 9.75. The zero-order chi connectivity index (χ0) is 15.2. The molecule has 0 saturated heterocycles. The molecule has 2 rings (SSSR count). The summed E-state index contributed by atoms with van der Waals surface area (Å²) in [7, 11) is 1.32. The molecule has 0 aliphatic rings. The van der Waals surface area contributed by atoms with E-state index in [1.165, 1.54) is 25.4 Å². The molecule has 0 atom stereocenters. The number of rotatable bonds is 4. The van der Waals surface area contributed by atoms with Crippen LogP contribution in [0.1, 0.15) is 26.3 Å². The van der Waals surface area contributed by atoms with E-state index < -0.39 is 11.9 Å². The zero-order valence-electron chi connectivity index (χ0n) is 11.2. The van der Waals surface area contributed by atoms with Gasteiger partial charge in [0.15, 0.2) is 0 Å². The van der Waals surface area contributed by atoms with Crippen molar-refractivity contribution in [2.75, 3.05) is 7.11 Å². The molecule has 0 N–H and O–H groups in total. The second-order valence-electron chi connectivity index (χ2n) is 4.13. The summed E-state index contributed by atoms with van der Waals surface area (Å²) in [5, 5.41) is 0.229. The first kappa shape index (κ1) is 15.0. The number of methoxy groups -OCH3 is 1. The average molecular weight is 306 g/mol. The summed E-state index contributed by atoms with van der Waals surface area (Å²) in [6, 6.07) is 9.56. The standard InChI is InChI=1S/C15H12ClNO4/c1-20-14(18)11-4-2-10(3-5-11)9-21-15(19)12-6-7-17-13(16)8-12/h2-8H,9H2,1H3. The number of carbonyl (C=O) groups excluding carboxylic acids is 2. The van der Waals surface area contributed by atoms with Gasteiger partial charge in [-0.05, 0) is 29.8 Å². The molecule has 6 heteroatoms. The molecule has 1 aromatic carbocycles. The molecule has 0 bridgehead atoms. The monoisotopic (exact) mass is 305 g/mol. The molecule has 0 aliphatic heterocycles. The Labute approximate surface area is 126 Å². The van der Waals surface area contributed by atoms with E-state index in [-0.39, 0.29) is 11.8 Å². The molecule has 0 aliphatic carbocycles. The number of carbonyl (C=O) groups is 2. The Kier molecular flexibility index (Phi) is 4.90. The molecule has 0 saturated carbocycles. The van der Waals surface area contributed by atoms with E-state index in [9.17, 15) is 9.59 Å². The first-order valence-electron chi connectivity index (χ1n) is 6.06.